The van der Waals surface area contributed by atoms with Crippen LogP contribution in [0, 0.1) is 0 Å². The van der Waals surface area contributed by atoms with Crippen LogP contribution in [0.1, 0.15) is 10.4 Å². The van der Waals surface area contributed by atoms with Crippen LogP contribution in [0.4, 0.5) is 16.2 Å². The van der Waals surface area contributed by atoms with Crippen molar-refractivity contribution >= 4 is 52.2 Å². The number of pyridine rings is 1. The lowest BCUT2D eigenvalue weighted by Gasteiger charge is -2.18. The Labute approximate surface area is 187 Å². The number of carbonyl (C=O) groups is 2. The van der Waals surface area contributed by atoms with Crippen molar-refractivity contribution in [1.82, 2.24) is 9.38 Å². The van der Waals surface area contributed by atoms with E-state index in [0.29, 0.717) is 38.3 Å². The van der Waals surface area contributed by atoms with Crippen LogP contribution >= 0.6 is 23.2 Å². The maximum Gasteiger partial charge on any atom is 0.409 e. The third-order valence-corrected chi connectivity index (χ3v) is 5.29. The van der Waals surface area contributed by atoms with Crippen LogP contribution in [0.15, 0.2) is 67.0 Å². The van der Waals surface area contributed by atoms with Gasteiger partial charge < -0.3 is 10.0 Å². The zero-order valence-electron chi connectivity index (χ0n) is 16.2. The van der Waals surface area contributed by atoms with Crippen LogP contribution < -0.4 is 10.2 Å². The summed E-state index contributed by atoms with van der Waals surface area (Å²) in [5, 5.41) is 12.1. The molecule has 0 aliphatic heterocycles. The minimum Gasteiger partial charge on any atom is -0.465 e. The lowest BCUT2D eigenvalue weighted by molar-refractivity contribution is 0.0992. The quantitative estimate of drug-likeness (QED) is 0.415. The summed E-state index contributed by atoms with van der Waals surface area (Å²) in [5.41, 5.74) is 3.53. The van der Waals surface area contributed by atoms with E-state index >= 15 is 0 Å². The predicted molar refractivity (Wildman–Crippen MR) is 121 cm³/mol. The number of carboxylic acid groups (broad SMARTS) is 1. The highest BCUT2D eigenvalue weighted by Gasteiger charge is 2.18. The van der Waals surface area contributed by atoms with Gasteiger partial charge in [0.25, 0.3) is 5.91 Å². The molecule has 2 aromatic carbocycles. The molecule has 0 aliphatic rings. The summed E-state index contributed by atoms with van der Waals surface area (Å²) < 4.78 is 1.74. The smallest absolute Gasteiger partial charge is 0.409 e. The molecule has 2 N–H and O–H groups in total. The van der Waals surface area contributed by atoms with E-state index in [2.05, 4.69) is 10.3 Å². The van der Waals surface area contributed by atoms with E-state index in [1.54, 1.807) is 78.4 Å². The lowest BCUT2D eigenvalue weighted by atomic mass is 10.1. The highest BCUT2D eigenvalue weighted by molar-refractivity contribution is 6.34. The molecule has 7 nitrogen and oxygen atoms in total. The molecule has 31 heavy (non-hydrogen) atoms. The van der Waals surface area contributed by atoms with Crippen LogP contribution in [-0.4, -0.2) is 33.5 Å². The number of imidazole rings is 1. The van der Waals surface area contributed by atoms with Crippen molar-refractivity contribution in [3.8, 4) is 11.3 Å². The number of anilines is 2. The van der Waals surface area contributed by atoms with Gasteiger partial charge in [0.2, 0.25) is 0 Å². The molecule has 2 amide bonds. The molecular weight excluding hydrogens is 439 g/mol. The second kappa shape index (κ2) is 8.29. The van der Waals surface area contributed by atoms with Crippen LogP contribution in [-0.2, 0) is 0 Å². The van der Waals surface area contributed by atoms with Crippen LogP contribution in [0.2, 0.25) is 10.0 Å². The van der Waals surface area contributed by atoms with Gasteiger partial charge in [0.05, 0.1) is 22.5 Å². The minimum absolute atomic E-state index is 0.244. The SMILES string of the molecule is CN(C(=O)c1cc(Cl)c2ncc(-c3ccc(NC(=O)O)cc3)n2c1)c1ccc(Cl)cc1. The fourth-order valence-corrected chi connectivity index (χ4v) is 3.58. The number of nitrogens with zero attached hydrogens (tertiary/aromatic N) is 3. The highest BCUT2D eigenvalue weighted by Crippen LogP contribution is 2.28. The summed E-state index contributed by atoms with van der Waals surface area (Å²) in [7, 11) is 1.67. The third kappa shape index (κ3) is 4.19. The molecule has 0 saturated carbocycles. The number of fused-ring (bicyclic) bond motifs is 1. The molecular formula is C22H16Cl2N4O3. The summed E-state index contributed by atoms with van der Waals surface area (Å²) in [4.78, 5) is 29.7. The topological polar surface area (TPSA) is 86.9 Å². The molecule has 0 radical (unpaired) electrons. The van der Waals surface area contributed by atoms with Crippen LogP contribution in [0.5, 0.6) is 0 Å². The maximum absolute atomic E-state index is 13.1. The van der Waals surface area contributed by atoms with Gasteiger partial charge in [-0.05, 0) is 42.5 Å². The molecule has 0 atom stereocenters. The first-order chi connectivity index (χ1) is 14.8. The number of rotatable bonds is 4. The Morgan fingerprint density at radius 1 is 1.06 bits per heavy atom. The van der Waals surface area contributed by atoms with Crippen molar-refractivity contribution in [2.75, 3.05) is 17.3 Å². The monoisotopic (exact) mass is 454 g/mol. The van der Waals surface area contributed by atoms with Crippen molar-refractivity contribution in [3.63, 3.8) is 0 Å². The Hall–Kier alpha value is -3.55. The van der Waals surface area contributed by atoms with Gasteiger partial charge in [0.1, 0.15) is 0 Å². The fourth-order valence-electron chi connectivity index (χ4n) is 3.20. The van der Waals surface area contributed by atoms with E-state index in [1.807, 2.05) is 0 Å². The first-order valence-electron chi connectivity index (χ1n) is 9.14. The van der Waals surface area contributed by atoms with E-state index in [0.717, 1.165) is 5.56 Å². The second-order valence-corrected chi connectivity index (χ2v) is 7.61. The molecule has 2 heterocycles. The Morgan fingerprint density at radius 2 is 1.74 bits per heavy atom. The lowest BCUT2D eigenvalue weighted by Crippen LogP contribution is -2.26. The molecule has 0 fully saturated rings. The van der Waals surface area contributed by atoms with Gasteiger partial charge in [0, 0.05) is 35.2 Å². The molecule has 4 aromatic rings. The zero-order valence-corrected chi connectivity index (χ0v) is 17.7. The number of amides is 2. The number of halogens is 2. The van der Waals surface area contributed by atoms with Gasteiger partial charge in [0.15, 0.2) is 5.65 Å². The van der Waals surface area contributed by atoms with E-state index in [9.17, 15) is 9.59 Å². The molecule has 0 spiro atoms. The van der Waals surface area contributed by atoms with Gasteiger partial charge in [-0.3, -0.25) is 14.5 Å². The van der Waals surface area contributed by atoms with Gasteiger partial charge in [-0.25, -0.2) is 9.78 Å². The molecule has 2 aromatic heterocycles. The molecule has 156 valence electrons. The molecule has 0 bridgehead atoms. The van der Waals surface area contributed by atoms with Gasteiger partial charge in [-0.1, -0.05) is 35.3 Å². The van der Waals surface area contributed by atoms with Crippen molar-refractivity contribution in [2.45, 2.75) is 0 Å². The number of carbonyl (C=O) groups excluding carboxylic acids is 1. The summed E-state index contributed by atoms with van der Waals surface area (Å²) in [6, 6.07) is 15.4. The Morgan fingerprint density at radius 3 is 2.39 bits per heavy atom. The number of hydrogen-bond donors (Lipinski definition) is 2. The van der Waals surface area contributed by atoms with E-state index in [1.165, 1.54) is 4.90 Å². The van der Waals surface area contributed by atoms with E-state index < -0.39 is 6.09 Å². The first kappa shape index (κ1) is 20.7. The summed E-state index contributed by atoms with van der Waals surface area (Å²) >= 11 is 12.3. The average Bonchev–Trinajstić information content (AvgIpc) is 3.18. The predicted octanol–water partition coefficient (Wildman–Crippen LogP) is 5.67. The summed E-state index contributed by atoms with van der Waals surface area (Å²) in [5.74, 6) is -0.244. The first-order valence-corrected chi connectivity index (χ1v) is 9.89. The van der Waals surface area contributed by atoms with Crippen molar-refractivity contribution < 1.29 is 14.7 Å². The van der Waals surface area contributed by atoms with Crippen molar-refractivity contribution in [2.24, 2.45) is 0 Å². The fraction of sp³-hybridized carbons (Fsp3) is 0.0455. The van der Waals surface area contributed by atoms with Gasteiger partial charge >= 0.3 is 6.09 Å². The highest BCUT2D eigenvalue weighted by atomic mass is 35.5. The summed E-state index contributed by atoms with van der Waals surface area (Å²) in [6.45, 7) is 0. The van der Waals surface area contributed by atoms with Crippen molar-refractivity contribution in [3.05, 3.63) is 82.6 Å². The average molecular weight is 455 g/mol. The molecule has 0 aliphatic carbocycles. The molecule has 0 saturated heterocycles. The minimum atomic E-state index is -1.14. The second-order valence-electron chi connectivity index (χ2n) is 6.76. The number of benzene rings is 2. The zero-order chi connectivity index (χ0) is 22.1. The molecule has 9 heteroatoms. The summed E-state index contributed by atoms with van der Waals surface area (Å²) in [6.07, 6.45) is 2.20. The standard InChI is InChI=1S/C22H16Cl2N4O3/c1-27(17-8-4-15(23)5-9-17)21(29)14-10-18(24)20-25-11-19(28(20)12-14)13-2-6-16(7-3-13)26-22(30)31/h2-12,26H,1H3,(H,30,31). The van der Waals surface area contributed by atoms with E-state index in [4.69, 9.17) is 28.3 Å². The molecule has 4 rings (SSSR count). The maximum atomic E-state index is 13.1. The van der Waals surface area contributed by atoms with Gasteiger partial charge in [-0.15, -0.1) is 0 Å². The largest absolute Gasteiger partial charge is 0.465 e. The number of hydrogen-bond acceptors (Lipinski definition) is 3. The Bertz CT molecular complexity index is 1280. The Kier molecular flexibility index (Phi) is 5.54. The Balaban J connectivity index is 1.71. The van der Waals surface area contributed by atoms with Crippen LogP contribution in [0.25, 0.3) is 16.9 Å². The number of nitrogens with one attached hydrogen (secondary N) is 1. The molecule has 0 unspecified atom stereocenters. The number of aromatic nitrogens is 2. The van der Waals surface area contributed by atoms with Crippen molar-refractivity contribution in [1.29, 1.82) is 0 Å². The van der Waals surface area contributed by atoms with Gasteiger partial charge in [-0.2, -0.15) is 0 Å². The normalized spacial score (nSPS) is 10.8. The third-order valence-electron chi connectivity index (χ3n) is 4.76. The van der Waals surface area contributed by atoms with Crippen LogP contribution in [0.3, 0.4) is 0 Å². The van der Waals surface area contributed by atoms with E-state index in [-0.39, 0.29) is 5.91 Å².